The third-order valence-electron chi connectivity index (χ3n) is 0.843. The molecule has 0 nitrogen and oxygen atoms in total. The number of rotatable bonds is 0. The minimum Gasteiger partial charge on any atom is -0.0683 e. The molecule has 0 heteroatoms. The second kappa shape index (κ2) is 12.0. The van der Waals surface area contributed by atoms with Gasteiger partial charge in [0.15, 0.2) is 0 Å². The topological polar surface area (TPSA) is 0 Å². The summed E-state index contributed by atoms with van der Waals surface area (Å²) in [6.45, 7) is 8.39. The van der Waals surface area contributed by atoms with Gasteiger partial charge < -0.3 is 0 Å². The Hall–Kier alpha value is -0.780. The van der Waals surface area contributed by atoms with Crippen LogP contribution in [0.15, 0.2) is 30.3 Å². The van der Waals surface area contributed by atoms with E-state index in [1.165, 1.54) is 0 Å². The number of hydrogen-bond acceptors (Lipinski definition) is 0. The molecule has 0 fully saturated rings. The lowest BCUT2D eigenvalue weighted by molar-refractivity contribution is 1.48. The molecule has 0 bridgehead atoms. The minimum atomic E-state index is 0.390. The van der Waals surface area contributed by atoms with Gasteiger partial charge in [0.1, 0.15) is 0 Å². The lowest BCUT2D eigenvalue weighted by atomic mass is 10.2. The Bertz CT molecular complexity index is 146. The van der Waals surface area contributed by atoms with E-state index in [0.29, 0.717) is 6.90 Å². The van der Waals surface area contributed by atoms with Crippen LogP contribution in [0.5, 0.6) is 0 Å². The van der Waals surface area contributed by atoms with E-state index in [4.69, 9.17) is 1.37 Å². The van der Waals surface area contributed by atoms with E-state index >= 15 is 0 Å². The summed E-state index contributed by atoms with van der Waals surface area (Å²) in [5.41, 5.74) is 1.08. The maximum absolute atomic E-state index is 6.94. The molecule has 0 spiro atoms. The van der Waals surface area contributed by atoms with Crippen molar-refractivity contribution < 1.29 is 1.37 Å². The van der Waals surface area contributed by atoms with Gasteiger partial charge in [-0.15, -0.1) is 0 Å². The second-order valence-electron chi connectivity index (χ2n) is 1.49. The lowest BCUT2D eigenvalue weighted by Gasteiger charge is -1.82. The van der Waals surface area contributed by atoms with Crippen molar-refractivity contribution in [2.45, 2.75) is 34.6 Å². The van der Waals surface area contributed by atoms with Gasteiger partial charge in [-0.05, 0) is 6.90 Å². The molecule has 0 saturated heterocycles. The Morgan fingerprint density at radius 2 is 1.36 bits per heavy atom. The number of benzene rings is 1. The predicted molar refractivity (Wildman–Crippen MR) is 53.9 cm³/mol. The van der Waals surface area contributed by atoms with Crippen molar-refractivity contribution >= 4 is 0 Å². The summed E-state index contributed by atoms with van der Waals surface area (Å²) in [6, 6.07) is 9.76. The van der Waals surface area contributed by atoms with E-state index in [9.17, 15) is 0 Å². The van der Waals surface area contributed by atoms with Crippen molar-refractivity contribution in [2.75, 3.05) is 0 Å². The van der Waals surface area contributed by atoms with Gasteiger partial charge in [0.2, 0.25) is 0 Å². The number of hydrogen-bond donors (Lipinski definition) is 0. The maximum atomic E-state index is 6.94. The fraction of sp³-hybridized carbons (Fsp3) is 0.455. The van der Waals surface area contributed by atoms with E-state index in [1.54, 1.807) is 0 Å². The smallest absolute Gasteiger partial charge is 0.0280 e. The van der Waals surface area contributed by atoms with E-state index in [-0.39, 0.29) is 0 Å². The van der Waals surface area contributed by atoms with E-state index in [0.717, 1.165) is 5.56 Å². The largest absolute Gasteiger partial charge is 0.0683 e. The van der Waals surface area contributed by atoms with Gasteiger partial charge in [0.05, 0.1) is 0 Å². The molecule has 0 unspecified atom stereocenters. The molecule has 0 atom stereocenters. The molecule has 0 amide bonds. The molecule has 0 aliphatic rings. The highest BCUT2D eigenvalue weighted by atomic mass is 13.8. The molecule has 0 radical (unpaired) electrons. The van der Waals surface area contributed by atoms with Crippen LogP contribution < -0.4 is 0 Å². The summed E-state index contributed by atoms with van der Waals surface area (Å²) in [5.74, 6) is 0. The summed E-state index contributed by atoms with van der Waals surface area (Å²) in [5, 5.41) is 0. The third kappa shape index (κ3) is 9.22. The molecule has 11 heavy (non-hydrogen) atoms. The zero-order chi connectivity index (χ0) is 9.82. The first-order chi connectivity index (χ1) is 5.93. The van der Waals surface area contributed by atoms with Crippen LogP contribution in [0.3, 0.4) is 0 Å². The fourth-order valence-electron chi connectivity index (χ4n) is 0.478. The van der Waals surface area contributed by atoms with Crippen LogP contribution in [0.4, 0.5) is 0 Å². The highest BCUT2D eigenvalue weighted by Crippen LogP contribution is 1.92. The summed E-state index contributed by atoms with van der Waals surface area (Å²) in [4.78, 5) is 0. The zero-order valence-corrected chi connectivity index (χ0v) is 8.09. The zero-order valence-electron chi connectivity index (χ0n) is 9.09. The van der Waals surface area contributed by atoms with Crippen LogP contribution in [0.2, 0.25) is 0 Å². The molecule has 0 saturated carbocycles. The molecule has 1 aromatic rings. The lowest BCUT2D eigenvalue weighted by Crippen LogP contribution is -1.62. The van der Waals surface area contributed by atoms with E-state index in [2.05, 4.69) is 0 Å². The first-order valence-electron chi connectivity index (χ1n) is 4.97. The Labute approximate surface area is 72.7 Å². The van der Waals surface area contributed by atoms with Crippen molar-refractivity contribution in [3.05, 3.63) is 35.9 Å². The first kappa shape index (κ1) is 10.2. The Morgan fingerprint density at radius 3 is 1.64 bits per heavy atom. The molecular formula is C11H20. The van der Waals surface area contributed by atoms with Gasteiger partial charge in [-0.1, -0.05) is 63.6 Å². The molecule has 1 rings (SSSR count). The monoisotopic (exact) mass is 154 g/mol. The highest BCUT2D eigenvalue weighted by Gasteiger charge is 1.72. The van der Waals surface area contributed by atoms with Crippen molar-refractivity contribution in [1.82, 2.24) is 0 Å². The van der Waals surface area contributed by atoms with Crippen molar-refractivity contribution in [1.29, 1.82) is 0 Å². The summed E-state index contributed by atoms with van der Waals surface area (Å²) in [6.07, 6.45) is 0. The highest BCUT2D eigenvalue weighted by molar-refractivity contribution is 5.11. The molecule has 64 valence electrons. The van der Waals surface area contributed by atoms with Crippen LogP contribution in [0, 0.1) is 6.90 Å². The van der Waals surface area contributed by atoms with Gasteiger partial charge >= 0.3 is 0 Å². The van der Waals surface area contributed by atoms with E-state index in [1.807, 2.05) is 58.0 Å². The SMILES string of the molecule is CC.CC.[3H]Cc1ccccc1. The molecule has 0 aliphatic heterocycles. The average Bonchev–Trinajstić information content (AvgIpc) is 2.25. The molecule has 1 aromatic carbocycles. The van der Waals surface area contributed by atoms with Crippen LogP contribution >= 0.6 is 0 Å². The Morgan fingerprint density at radius 1 is 0.909 bits per heavy atom. The third-order valence-corrected chi connectivity index (χ3v) is 0.843. The maximum Gasteiger partial charge on any atom is 0.0280 e. The van der Waals surface area contributed by atoms with Crippen LogP contribution in [0.1, 0.15) is 34.6 Å². The van der Waals surface area contributed by atoms with Crippen molar-refractivity contribution in [2.24, 2.45) is 0 Å². The summed E-state index contributed by atoms with van der Waals surface area (Å²) < 4.78 is 6.94. The Balaban J connectivity index is 0. The molecular weight excluding hydrogens is 132 g/mol. The summed E-state index contributed by atoms with van der Waals surface area (Å²) in [7, 11) is 0. The quantitative estimate of drug-likeness (QED) is 0.529. The van der Waals surface area contributed by atoms with Gasteiger partial charge in [-0.25, -0.2) is 0 Å². The molecule has 0 N–H and O–H groups in total. The molecule has 0 aromatic heterocycles. The van der Waals surface area contributed by atoms with Crippen LogP contribution in [-0.4, -0.2) is 0 Å². The van der Waals surface area contributed by atoms with Gasteiger partial charge in [-0.2, -0.15) is 0 Å². The van der Waals surface area contributed by atoms with Gasteiger partial charge in [0, 0.05) is 1.37 Å². The predicted octanol–water partition coefficient (Wildman–Crippen LogP) is 4.05. The van der Waals surface area contributed by atoms with E-state index < -0.39 is 0 Å². The summed E-state index contributed by atoms with van der Waals surface area (Å²) >= 11 is 0. The molecule has 0 aliphatic carbocycles. The average molecular weight is 154 g/mol. The van der Waals surface area contributed by atoms with Crippen molar-refractivity contribution in [3.63, 3.8) is 0 Å². The minimum absolute atomic E-state index is 0.390. The van der Waals surface area contributed by atoms with Crippen molar-refractivity contribution in [3.8, 4) is 0 Å². The second-order valence-corrected chi connectivity index (χ2v) is 1.49. The Kier molecular flexibility index (Phi) is 11.1. The van der Waals surface area contributed by atoms with Gasteiger partial charge in [-0.3, -0.25) is 0 Å². The van der Waals surface area contributed by atoms with Crippen LogP contribution in [-0.2, 0) is 0 Å². The fourth-order valence-corrected chi connectivity index (χ4v) is 0.478. The van der Waals surface area contributed by atoms with Gasteiger partial charge in [0.25, 0.3) is 0 Å². The molecule has 0 heterocycles. The standard InChI is InChI=1S/C7H8.2C2H6/c1-7-5-3-2-4-6-7;2*1-2/h2-6H,1H3;2*1-2H3/i1T;;. The normalized spacial score (nSPS) is 7.82. The number of aryl methyl sites for hydroxylation is 1. The first-order valence-corrected chi connectivity index (χ1v) is 4.26. The van der Waals surface area contributed by atoms with Crippen LogP contribution in [0.25, 0.3) is 0 Å².